The zero-order valence-corrected chi connectivity index (χ0v) is 9.53. The topological polar surface area (TPSA) is 26.3 Å². The summed E-state index contributed by atoms with van der Waals surface area (Å²) in [5.74, 6) is 2.28. The SMILES string of the molecule is CC(C)C1CCC(C(C)OC=O)CC1. The van der Waals surface area contributed by atoms with E-state index in [4.69, 9.17) is 4.74 Å². The molecule has 0 aromatic rings. The maximum atomic E-state index is 10.2. The summed E-state index contributed by atoms with van der Waals surface area (Å²) in [6.45, 7) is 7.20. The highest BCUT2D eigenvalue weighted by molar-refractivity contribution is 5.37. The first-order valence-corrected chi connectivity index (χ1v) is 5.74. The van der Waals surface area contributed by atoms with Crippen molar-refractivity contribution in [3.8, 4) is 0 Å². The molecule has 1 unspecified atom stereocenters. The van der Waals surface area contributed by atoms with Crippen molar-refractivity contribution in [2.45, 2.75) is 52.6 Å². The number of rotatable bonds is 4. The number of hydrogen-bond donors (Lipinski definition) is 0. The Morgan fingerprint density at radius 2 is 1.57 bits per heavy atom. The van der Waals surface area contributed by atoms with Crippen LogP contribution in [0.1, 0.15) is 46.5 Å². The van der Waals surface area contributed by atoms with Crippen LogP contribution < -0.4 is 0 Å². The molecule has 2 heteroatoms. The van der Waals surface area contributed by atoms with Crippen molar-refractivity contribution in [1.29, 1.82) is 0 Å². The predicted molar refractivity (Wildman–Crippen MR) is 56.9 cm³/mol. The second-order valence-corrected chi connectivity index (χ2v) is 4.86. The first kappa shape index (κ1) is 11.5. The Morgan fingerprint density at radius 3 is 2.00 bits per heavy atom. The Kier molecular flexibility index (Phi) is 4.43. The van der Waals surface area contributed by atoms with Gasteiger partial charge in [0, 0.05) is 0 Å². The molecular formula is C12H22O2. The van der Waals surface area contributed by atoms with Crippen molar-refractivity contribution in [3.05, 3.63) is 0 Å². The molecule has 1 rings (SSSR count). The monoisotopic (exact) mass is 198 g/mol. The second kappa shape index (κ2) is 5.38. The molecule has 14 heavy (non-hydrogen) atoms. The van der Waals surface area contributed by atoms with Gasteiger partial charge in [-0.15, -0.1) is 0 Å². The highest BCUT2D eigenvalue weighted by atomic mass is 16.5. The molecule has 0 radical (unpaired) electrons. The van der Waals surface area contributed by atoms with Crippen LogP contribution in [-0.4, -0.2) is 12.6 Å². The number of carbonyl (C=O) groups is 1. The highest BCUT2D eigenvalue weighted by Crippen LogP contribution is 2.35. The van der Waals surface area contributed by atoms with Gasteiger partial charge in [-0.3, -0.25) is 4.79 Å². The van der Waals surface area contributed by atoms with Gasteiger partial charge < -0.3 is 4.74 Å². The van der Waals surface area contributed by atoms with Gasteiger partial charge >= 0.3 is 0 Å². The van der Waals surface area contributed by atoms with Crippen LogP contribution >= 0.6 is 0 Å². The fraction of sp³-hybridized carbons (Fsp3) is 0.917. The lowest BCUT2D eigenvalue weighted by Crippen LogP contribution is -2.27. The van der Waals surface area contributed by atoms with Crippen LogP contribution in [0.5, 0.6) is 0 Å². The number of ether oxygens (including phenoxy) is 1. The molecule has 0 amide bonds. The fourth-order valence-corrected chi connectivity index (χ4v) is 2.48. The third-order valence-corrected chi connectivity index (χ3v) is 3.69. The van der Waals surface area contributed by atoms with Gasteiger partial charge in [-0.25, -0.2) is 0 Å². The molecule has 0 aromatic heterocycles. The summed E-state index contributed by atoms with van der Waals surface area (Å²) in [5, 5.41) is 0. The summed E-state index contributed by atoms with van der Waals surface area (Å²) >= 11 is 0. The molecule has 0 N–H and O–H groups in total. The summed E-state index contributed by atoms with van der Waals surface area (Å²) in [4.78, 5) is 10.2. The Morgan fingerprint density at radius 1 is 1.07 bits per heavy atom. The molecule has 1 aliphatic rings. The standard InChI is InChI=1S/C12H22O2/c1-9(2)11-4-6-12(7-5-11)10(3)14-8-13/h8-12H,4-7H2,1-3H3. The van der Waals surface area contributed by atoms with Crippen LogP contribution in [0.15, 0.2) is 0 Å². The normalized spacial score (nSPS) is 30.0. The lowest BCUT2D eigenvalue weighted by atomic mass is 9.75. The van der Waals surface area contributed by atoms with E-state index in [1.54, 1.807) is 0 Å². The van der Waals surface area contributed by atoms with Crippen molar-refractivity contribution < 1.29 is 9.53 Å². The summed E-state index contributed by atoms with van der Waals surface area (Å²) in [6.07, 6.45) is 5.15. The van der Waals surface area contributed by atoms with Gasteiger partial charge in [0.15, 0.2) is 0 Å². The molecule has 2 nitrogen and oxygen atoms in total. The Labute approximate surface area is 87.0 Å². The lowest BCUT2D eigenvalue weighted by molar-refractivity contribution is -0.135. The fourth-order valence-electron chi connectivity index (χ4n) is 2.48. The van der Waals surface area contributed by atoms with Gasteiger partial charge in [-0.1, -0.05) is 13.8 Å². The van der Waals surface area contributed by atoms with Gasteiger partial charge in [0.05, 0.1) is 0 Å². The third kappa shape index (κ3) is 3.00. The van der Waals surface area contributed by atoms with Gasteiger partial charge in [-0.05, 0) is 50.4 Å². The van der Waals surface area contributed by atoms with E-state index in [0.717, 1.165) is 11.8 Å². The van der Waals surface area contributed by atoms with Crippen LogP contribution in [0.25, 0.3) is 0 Å². The molecule has 0 spiro atoms. The average molecular weight is 198 g/mol. The highest BCUT2D eigenvalue weighted by Gasteiger charge is 2.27. The minimum Gasteiger partial charge on any atom is -0.465 e. The van der Waals surface area contributed by atoms with E-state index in [-0.39, 0.29) is 6.10 Å². The van der Waals surface area contributed by atoms with Crippen molar-refractivity contribution in [2.24, 2.45) is 17.8 Å². The smallest absolute Gasteiger partial charge is 0.293 e. The van der Waals surface area contributed by atoms with Crippen molar-refractivity contribution in [2.75, 3.05) is 0 Å². The van der Waals surface area contributed by atoms with E-state index in [0.29, 0.717) is 12.4 Å². The predicted octanol–water partition coefficient (Wildman–Crippen LogP) is 3.01. The molecule has 0 aliphatic heterocycles. The van der Waals surface area contributed by atoms with Crippen LogP contribution in [0, 0.1) is 17.8 Å². The minimum absolute atomic E-state index is 0.112. The van der Waals surface area contributed by atoms with Crippen LogP contribution in [0.2, 0.25) is 0 Å². The molecule has 0 aromatic carbocycles. The van der Waals surface area contributed by atoms with Crippen LogP contribution in [-0.2, 0) is 9.53 Å². The van der Waals surface area contributed by atoms with Gasteiger partial charge in [-0.2, -0.15) is 0 Å². The summed E-state index contributed by atoms with van der Waals surface area (Å²) in [6, 6.07) is 0. The molecule has 0 bridgehead atoms. The molecule has 1 saturated carbocycles. The Hall–Kier alpha value is -0.530. The number of carbonyl (C=O) groups excluding carboxylic acids is 1. The van der Waals surface area contributed by atoms with Gasteiger partial charge in [0.25, 0.3) is 6.47 Å². The average Bonchev–Trinajstić information content (AvgIpc) is 2.18. The largest absolute Gasteiger partial charge is 0.465 e. The zero-order valence-electron chi connectivity index (χ0n) is 9.53. The summed E-state index contributed by atoms with van der Waals surface area (Å²) in [7, 11) is 0. The summed E-state index contributed by atoms with van der Waals surface area (Å²) < 4.78 is 5.00. The van der Waals surface area contributed by atoms with Crippen molar-refractivity contribution in [1.82, 2.24) is 0 Å². The molecule has 1 aliphatic carbocycles. The van der Waals surface area contributed by atoms with E-state index in [1.165, 1.54) is 25.7 Å². The quantitative estimate of drug-likeness (QED) is 0.649. The van der Waals surface area contributed by atoms with Gasteiger partial charge in [0.2, 0.25) is 0 Å². The zero-order chi connectivity index (χ0) is 10.6. The Balaban J connectivity index is 2.31. The maximum Gasteiger partial charge on any atom is 0.293 e. The van der Waals surface area contributed by atoms with Gasteiger partial charge in [0.1, 0.15) is 6.10 Å². The van der Waals surface area contributed by atoms with E-state index >= 15 is 0 Å². The molecule has 0 heterocycles. The Bertz CT molecular complexity index is 169. The molecule has 0 saturated heterocycles. The lowest BCUT2D eigenvalue weighted by Gasteiger charge is -2.33. The van der Waals surface area contributed by atoms with Crippen molar-refractivity contribution in [3.63, 3.8) is 0 Å². The number of hydrogen-bond acceptors (Lipinski definition) is 2. The second-order valence-electron chi connectivity index (χ2n) is 4.86. The van der Waals surface area contributed by atoms with E-state index in [1.807, 2.05) is 6.92 Å². The first-order valence-electron chi connectivity index (χ1n) is 5.74. The molecule has 1 atom stereocenters. The van der Waals surface area contributed by atoms with Crippen molar-refractivity contribution >= 4 is 6.47 Å². The minimum atomic E-state index is 0.112. The van der Waals surface area contributed by atoms with E-state index in [2.05, 4.69) is 13.8 Å². The first-order chi connectivity index (χ1) is 6.65. The third-order valence-electron chi connectivity index (χ3n) is 3.69. The van der Waals surface area contributed by atoms with Crippen LogP contribution in [0.3, 0.4) is 0 Å². The van der Waals surface area contributed by atoms with E-state index < -0.39 is 0 Å². The van der Waals surface area contributed by atoms with Crippen LogP contribution in [0.4, 0.5) is 0 Å². The molecule has 1 fully saturated rings. The molecular weight excluding hydrogens is 176 g/mol. The summed E-state index contributed by atoms with van der Waals surface area (Å²) in [5.41, 5.74) is 0. The maximum absolute atomic E-state index is 10.2. The van der Waals surface area contributed by atoms with E-state index in [9.17, 15) is 4.79 Å². The molecule has 82 valence electrons.